The lowest BCUT2D eigenvalue weighted by Crippen LogP contribution is -2.27. The van der Waals surface area contributed by atoms with Gasteiger partial charge in [0.1, 0.15) is 0 Å². The number of aliphatic carboxylic acids is 1. The van der Waals surface area contributed by atoms with Crippen molar-refractivity contribution in [1.29, 1.82) is 0 Å². The third kappa shape index (κ3) is 27.4. The summed E-state index contributed by atoms with van der Waals surface area (Å²) in [5.74, 6) is -1.85. The molecule has 1 atom stereocenters. The molecule has 1 unspecified atom stereocenters. The van der Waals surface area contributed by atoms with Gasteiger partial charge in [0.15, 0.2) is 0 Å². The number of ether oxygens (including phenoxy) is 1. The second kappa shape index (κ2) is 24.8. The first-order chi connectivity index (χ1) is 17.8. The van der Waals surface area contributed by atoms with E-state index in [-0.39, 0.29) is 51.6 Å². The van der Waals surface area contributed by atoms with Crippen LogP contribution in [0.2, 0.25) is 0 Å². The molecule has 0 aliphatic rings. The number of unbranched alkanes of at least 4 members (excludes halogenated alkanes) is 13. The summed E-state index contributed by atoms with van der Waals surface area (Å²) in [6.45, 7) is 1.90. The molecule has 0 heterocycles. The van der Waals surface area contributed by atoms with Crippen molar-refractivity contribution in [2.45, 2.75) is 122 Å². The van der Waals surface area contributed by atoms with E-state index >= 15 is 0 Å². The first-order valence-corrected chi connectivity index (χ1v) is 15.5. The van der Waals surface area contributed by atoms with Gasteiger partial charge in [-0.05, 0) is 6.42 Å². The van der Waals surface area contributed by atoms with Gasteiger partial charge in [-0.2, -0.15) is 0 Å². The third-order valence-corrected chi connectivity index (χ3v) is 6.80. The first-order valence-electron chi connectivity index (χ1n) is 14.0. The predicted molar refractivity (Wildman–Crippen MR) is 142 cm³/mol. The number of amides is 1. The first kappa shape index (κ1) is 35.5. The summed E-state index contributed by atoms with van der Waals surface area (Å²) < 4.78 is 26.4. The monoisotopic (exact) mass is 551 g/mol. The molecule has 11 heteroatoms. The molecule has 37 heavy (non-hydrogen) atoms. The maximum atomic E-state index is 11.8. The van der Waals surface area contributed by atoms with Crippen molar-refractivity contribution in [2.24, 2.45) is 0 Å². The zero-order valence-corrected chi connectivity index (χ0v) is 23.7. The van der Waals surface area contributed by atoms with Gasteiger partial charge < -0.3 is 20.1 Å². The van der Waals surface area contributed by atoms with E-state index in [1.165, 1.54) is 70.6 Å². The number of esters is 1. The Morgan fingerprint density at radius 1 is 0.676 bits per heavy atom. The molecule has 0 spiro atoms. The van der Waals surface area contributed by atoms with Gasteiger partial charge in [0, 0.05) is 25.8 Å². The molecule has 0 aromatic heterocycles. The zero-order chi connectivity index (χ0) is 27.6. The van der Waals surface area contributed by atoms with Crippen LogP contribution in [0, 0.1) is 0 Å². The Kier molecular flexibility index (Phi) is 23.8. The number of rotatable bonds is 27. The molecule has 1 amide bonds. The summed E-state index contributed by atoms with van der Waals surface area (Å²) in [4.78, 5) is 43.1. The van der Waals surface area contributed by atoms with Crippen molar-refractivity contribution in [3.05, 3.63) is 0 Å². The van der Waals surface area contributed by atoms with Gasteiger partial charge in [-0.15, -0.1) is 0 Å². The van der Waals surface area contributed by atoms with Gasteiger partial charge in [-0.1, -0.05) is 90.4 Å². The van der Waals surface area contributed by atoms with E-state index in [9.17, 15) is 23.8 Å². The number of hydrogen-bond donors (Lipinski definition) is 3. The minimum absolute atomic E-state index is 0.0524. The molecule has 0 fully saturated rings. The minimum atomic E-state index is -4.28. The van der Waals surface area contributed by atoms with Crippen LogP contribution >= 0.6 is 7.82 Å². The van der Waals surface area contributed by atoms with Gasteiger partial charge in [0.05, 0.1) is 26.2 Å². The Morgan fingerprint density at radius 3 is 1.73 bits per heavy atom. The smallest absolute Gasteiger partial charge is 0.472 e. The van der Waals surface area contributed by atoms with E-state index in [0.29, 0.717) is 6.42 Å². The molecule has 10 nitrogen and oxygen atoms in total. The number of carboxylic acids is 1. The molecular weight excluding hydrogens is 501 g/mol. The third-order valence-electron chi connectivity index (χ3n) is 5.79. The second-order valence-electron chi connectivity index (χ2n) is 9.30. The fourth-order valence-electron chi connectivity index (χ4n) is 3.66. The van der Waals surface area contributed by atoms with Crippen molar-refractivity contribution >= 4 is 25.7 Å². The number of carbonyl (C=O) groups is 3. The van der Waals surface area contributed by atoms with Crippen LogP contribution < -0.4 is 5.32 Å². The summed E-state index contributed by atoms with van der Waals surface area (Å²) in [7, 11) is -4.28. The topological polar surface area (TPSA) is 148 Å². The highest BCUT2D eigenvalue weighted by molar-refractivity contribution is 7.47. The van der Waals surface area contributed by atoms with Crippen LogP contribution in [0.4, 0.5) is 0 Å². The van der Waals surface area contributed by atoms with Crippen molar-refractivity contribution < 1.29 is 42.7 Å². The SMILES string of the molecule is CCCCCCCCCCCCCCCCC(=O)OCCCOP(=O)(O)OCCNC(=O)CCC(=O)O. The standard InChI is InChI=1S/C26H50NO9P/c1-2-3-4-5-6-7-8-9-10-11-12-13-14-15-17-26(31)34-21-16-22-35-37(32,33)36-23-20-27-24(28)18-19-25(29)30/h2-23H2,1H3,(H,27,28)(H,29,30)(H,32,33). The average molecular weight is 552 g/mol. The molecule has 0 rings (SSSR count). The molecule has 0 aliphatic carbocycles. The molecule has 0 aromatic rings. The Hall–Kier alpha value is -1.48. The van der Waals surface area contributed by atoms with Gasteiger partial charge in [-0.25, -0.2) is 4.57 Å². The number of phosphoric ester groups is 1. The van der Waals surface area contributed by atoms with Gasteiger partial charge in [-0.3, -0.25) is 23.4 Å². The van der Waals surface area contributed by atoms with E-state index in [1.807, 2.05) is 0 Å². The Bertz CT molecular complexity index is 646. The van der Waals surface area contributed by atoms with E-state index in [4.69, 9.17) is 18.9 Å². The highest BCUT2D eigenvalue weighted by Gasteiger charge is 2.20. The number of carbonyl (C=O) groups excluding carboxylic acids is 2. The molecule has 0 saturated heterocycles. The Balaban J connectivity index is 3.47. The lowest BCUT2D eigenvalue weighted by molar-refractivity contribution is -0.144. The summed E-state index contributed by atoms with van der Waals surface area (Å²) in [6, 6.07) is 0. The minimum Gasteiger partial charge on any atom is -0.481 e. The van der Waals surface area contributed by atoms with Crippen LogP contribution in [0.25, 0.3) is 0 Å². The van der Waals surface area contributed by atoms with Crippen LogP contribution in [-0.2, 0) is 32.7 Å². The van der Waals surface area contributed by atoms with Gasteiger partial charge >= 0.3 is 19.8 Å². The molecule has 218 valence electrons. The molecule has 0 radical (unpaired) electrons. The number of phosphoric acid groups is 1. The van der Waals surface area contributed by atoms with E-state index in [2.05, 4.69) is 12.2 Å². The summed E-state index contributed by atoms with van der Waals surface area (Å²) in [6.07, 6.45) is 17.7. The van der Waals surface area contributed by atoms with Crippen molar-refractivity contribution in [2.75, 3.05) is 26.4 Å². The van der Waals surface area contributed by atoms with Crippen LogP contribution in [0.5, 0.6) is 0 Å². The summed E-state index contributed by atoms with van der Waals surface area (Å²) in [5.41, 5.74) is 0. The highest BCUT2D eigenvalue weighted by Crippen LogP contribution is 2.42. The predicted octanol–water partition coefficient (Wildman–Crippen LogP) is 5.91. The largest absolute Gasteiger partial charge is 0.481 e. The van der Waals surface area contributed by atoms with Crippen LogP contribution in [-0.4, -0.2) is 54.2 Å². The van der Waals surface area contributed by atoms with Crippen LogP contribution in [0.15, 0.2) is 0 Å². The fourth-order valence-corrected chi connectivity index (χ4v) is 4.41. The lowest BCUT2D eigenvalue weighted by atomic mass is 10.0. The molecule has 0 aliphatic heterocycles. The zero-order valence-electron chi connectivity index (χ0n) is 22.8. The molecule has 0 saturated carbocycles. The van der Waals surface area contributed by atoms with Gasteiger partial charge in [0.2, 0.25) is 5.91 Å². The van der Waals surface area contributed by atoms with Crippen LogP contribution in [0.3, 0.4) is 0 Å². The summed E-state index contributed by atoms with van der Waals surface area (Å²) in [5, 5.41) is 10.9. The maximum Gasteiger partial charge on any atom is 0.472 e. The number of carboxylic acid groups (broad SMARTS) is 1. The second-order valence-corrected chi connectivity index (χ2v) is 10.8. The van der Waals surface area contributed by atoms with Crippen LogP contribution in [0.1, 0.15) is 122 Å². The number of nitrogens with one attached hydrogen (secondary N) is 1. The van der Waals surface area contributed by atoms with E-state index < -0.39 is 19.7 Å². The van der Waals surface area contributed by atoms with Crippen molar-refractivity contribution in [3.8, 4) is 0 Å². The van der Waals surface area contributed by atoms with Gasteiger partial charge in [0.25, 0.3) is 0 Å². The molecule has 3 N–H and O–H groups in total. The quantitative estimate of drug-likeness (QED) is 0.0644. The maximum absolute atomic E-state index is 11.8. The average Bonchev–Trinajstić information content (AvgIpc) is 2.85. The Morgan fingerprint density at radius 2 is 1.19 bits per heavy atom. The lowest BCUT2D eigenvalue weighted by Gasteiger charge is -2.12. The van der Waals surface area contributed by atoms with Crippen molar-refractivity contribution in [3.63, 3.8) is 0 Å². The fraction of sp³-hybridized carbons (Fsp3) is 0.885. The van der Waals surface area contributed by atoms with E-state index in [1.54, 1.807) is 0 Å². The van der Waals surface area contributed by atoms with Crippen molar-refractivity contribution in [1.82, 2.24) is 5.32 Å². The molecular formula is C26H50NO9P. The molecule has 0 bridgehead atoms. The van der Waals surface area contributed by atoms with E-state index in [0.717, 1.165) is 19.3 Å². The number of hydrogen-bond acceptors (Lipinski definition) is 7. The Labute approximate surface area is 222 Å². The molecule has 0 aromatic carbocycles. The highest BCUT2D eigenvalue weighted by atomic mass is 31.2. The normalized spacial score (nSPS) is 12.7. The summed E-state index contributed by atoms with van der Waals surface area (Å²) >= 11 is 0.